The van der Waals surface area contributed by atoms with E-state index in [1.807, 2.05) is 6.07 Å². The first-order chi connectivity index (χ1) is 9.09. The first-order valence-electron chi connectivity index (χ1n) is 5.48. The summed E-state index contributed by atoms with van der Waals surface area (Å²) >= 11 is 11.9. The molecule has 0 aliphatic heterocycles. The second kappa shape index (κ2) is 5.95. The number of ether oxygens (including phenoxy) is 1. The van der Waals surface area contributed by atoms with Crippen molar-refractivity contribution >= 4 is 29.2 Å². The Morgan fingerprint density at radius 3 is 2.37 bits per heavy atom. The molecule has 98 valence electrons. The lowest BCUT2D eigenvalue weighted by Gasteiger charge is -2.17. The van der Waals surface area contributed by atoms with Crippen LogP contribution in [0.15, 0.2) is 48.5 Å². The molecule has 1 atom stereocenters. The van der Waals surface area contributed by atoms with Gasteiger partial charge in [-0.1, -0.05) is 53.5 Å². The van der Waals surface area contributed by atoms with E-state index in [0.717, 1.165) is 0 Å². The maximum Gasteiger partial charge on any atom is 0.349 e. The number of carboxylic acid groups (broad SMARTS) is 1. The fourth-order valence-electron chi connectivity index (χ4n) is 1.61. The van der Waals surface area contributed by atoms with E-state index in [4.69, 9.17) is 27.9 Å². The van der Waals surface area contributed by atoms with Crippen LogP contribution in [0.4, 0.5) is 0 Å². The number of hydrogen-bond donors (Lipinski definition) is 1. The molecule has 2 rings (SSSR count). The van der Waals surface area contributed by atoms with Crippen LogP contribution in [0.5, 0.6) is 5.75 Å². The number of carboxylic acids is 1. The fourth-order valence-corrected chi connectivity index (χ4v) is 2.01. The molecule has 0 aromatic heterocycles. The van der Waals surface area contributed by atoms with E-state index in [9.17, 15) is 9.90 Å². The number of halogens is 2. The van der Waals surface area contributed by atoms with Gasteiger partial charge >= 0.3 is 5.97 Å². The third-order valence-corrected chi connectivity index (χ3v) is 3.32. The Morgan fingerprint density at radius 1 is 1.05 bits per heavy atom. The molecule has 1 N–H and O–H groups in total. The van der Waals surface area contributed by atoms with E-state index >= 15 is 0 Å². The molecule has 5 heteroatoms. The van der Waals surface area contributed by atoms with Crippen LogP contribution >= 0.6 is 23.2 Å². The van der Waals surface area contributed by atoms with Crippen molar-refractivity contribution in [3.63, 3.8) is 0 Å². The lowest BCUT2D eigenvalue weighted by Crippen LogP contribution is -2.18. The van der Waals surface area contributed by atoms with Crippen LogP contribution in [0.1, 0.15) is 11.7 Å². The zero-order valence-electron chi connectivity index (χ0n) is 9.72. The van der Waals surface area contributed by atoms with E-state index in [2.05, 4.69) is 0 Å². The summed E-state index contributed by atoms with van der Waals surface area (Å²) in [6.45, 7) is 0. The molecular formula is C14H10Cl2O3. The van der Waals surface area contributed by atoms with Gasteiger partial charge in [-0.25, -0.2) is 4.79 Å². The maximum atomic E-state index is 11.3. The minimum absolute atomic E-state index is 0.187. The predicted octanol–water partition coefficient (Wildman–Crippen LogP) is 4.20. The van der Waals surface area contributed by atoms with Crippen LogP contribution in [-0.2, 0) is 4.79 Å². The Labute approximate surface area is 120 Å². The lowest BCUT2D eigenvalue weighted by molar-refractivity contribution is -0.145. The lowest BCUT2D eigenvalue weighted by atomic mass is 10.1. The Morgan fingerprint density at radius 2 is 1.74 bits per heavy atom. The van der Waals surface area contributed by atoms with E-state index < -0.39 is 12.1 Å². The first kappa shape index (κ1) is 13.7. The second-order valence-corrected chi connectivity index (χ2v) is 4.58. The normalized spacial score (nSPS) is 11.9. The molecule has 0 aliphatic carbocycles. The highest BCUT2D eigenvalue weighted by molar-refractivity contribution is 6.42. The molecule has 0 amide bonds. The highest BCUT2D eigenvalue weighted by atomic mass is 35.5. The SMILES string of the molecule is O=C(O)C(Oc1ccccc1)c1cccc(Cl)c1Cl. The third kappa shape index (κ3) is 3.19. The summed E-state index contributed by atoms with van der Waals surface area (Å²) < 4.78 is 5.46. The summed E-state index contributed by atoms with van der Waals surface area (Å²) in [5.74, 6) is -0.682. The minimum Gasteiger partial charge on any atom is -0.478 e. The Balaban J connectivity index is 2.36. The van der Waals surface area contributed by atoms with E-state index in [1.165, 1.54) is 0 Å². The van der Waals surface area contributed by atoms with Crippen molar-refractivity contribution in [1.82, 2.24) is 0 Å². The van der Waals surface area contributed by atoms with Gasteiger partial charge in [-0.2, -0.15) is 0 Å². The molecule has 0 bridgehead atoms. The van der Waals surface area contributed by atoms with Gasteiger partial charge < -0.3 is 9.84 Å². The maximum absolute atomic E-state index is 11.3. The van der Waals surface area contributed by atoms with Crippen LogP contribution in [0.3, 0.4) is 0 Å². The van der Waals surface area contributed by atoms with Crippen molar-refractivity contribution in [3.8, 4) is 5.75 Å². The van der Waals surface area contributed by atoms with Crippen molar-refractivity contribution < 1.29 is 14.6 Å². The van der Waals surface area contributed by atoms with Gasteiger partial charge in [0.1, 0.15) is 5.75 Å². The molecule has 0 aliphatic rings. The molecule has 2 aromatic carbocycles. The van der Waals surface area contributed by atoms with Gasteiger partial charge in [0.05, 0.1) is 10.0 Å². The topological polar surface area (TPSA) is 46.5 Å². The summed E-state index contributed by atoms with van der Waals surface area (Å²) in [5, 5.41) is 9.76. The van der Waals surface area contributed by atoms with Crippen LogP contribution in [0.25, 0.3) is 0 Å². The van der Waals surface area contributed by atoms with Gasteiger partial charge in [-0.3, -0.25) is 0 Å². The predicted molar refractivity (Wildman–Crippen MR) is 73.9 cm³/mol. The number of hydrogen-bond acceptors (Lipinski definition) is 2. The zero-order chi connectivity index (χ0) is 13.8. The number of rotatable bonds is 4. The molecule has 3 nitrogen and oxygen atoms in total. The monoisotopic (exact) mass is 296 g/mol. The first-order valence-corrected chi connectivity index (χ1v) is 6.23. The molecule has 0 saturated heterocycles. The van der Waals surface area contributed by atoms with Gasteiger partial charge in [-0.05, 0) is 18.2 Å². The zero-order valence-corrected chi connectivity index (χ0v) is 11.2. The fraction of sp³-hybridized carbons (Fsp3) is 0.0714. The van der Waals surface area contributed by atoms with E-state index in [1.54, 1.807) is 42.5 Å². The highest BCUT2D eigenvalue weighted by Gasteiger charge is 2.25. The molecule has 19 heavy (non-hydrogen) atoms. The van der Waals surface area contributed by atoms with Gasteiger partial charge in [0.15, 0.2) is 0 Å². The summed E-state index contributed by atoms with van der Waals surface area (Å²) in [6, 6.07) is 13.5. The standard InChI is InChI=1S/C14H10Cl2O3/c15-11-8-4-7-10(12(11)16)13(14(17)18)19-9-5-2-1-3-6-9/h1-8,13H,(H,17,18). The van der Waals surface area contributed by atoms with Crippen molar-refractivity contribution in [1.29, 1.82) is 0 Å². The minimum atomic E-state index is -1.20. The molecule has 0 saturated carbocycles. The van der Waals surface area contributed by atoms with Crippen LogP contribution in [-0.4, -0.2) is 11.1 Å². The van der Waals surface area contributed by atoms with Crippen LogP contribution < -0.4 is 4.74 Å². The number of carbonyl (C=O) groups is 1. The Kier molecular flexibility index (Phi) is 4.30. The Hall–Kier alpha value is -1.71. The number of aliphatic carboxylic acids is 1. The largest absolute Gasteiger partial charge is 0.478 e. The molecule has 2 aromatic rings. The number of benzene rings is 2. The average Bonchev–Trinajstić information content (AvgIpc) is 2.40. The quantitative estimate of drug-likeness (QED) is 0.920. The summed E-state index contributed by atoms with van der Waals surface area (Å²) in [5.41, 5.74) is 0.325. The van der Waals surface area contributed by atoms with Crippen molar-refractivity contribution in [2.75, 3.05) is 0 Å². The molecule has 0 heterocycles. The van der Waals surface area contributed by atoms with E-state index in [-0.39, 0.29) is 5.02 Å². The molecule has 0 radical (unpaired) electrons. The molecule has 1 unspecified atom stereocenters. The summed E-state index contributed by atoms with van der Waals surface area (Å²) in [7, 11) is 0. The smallest absolute Gasteiger partial charge is 0.349 e. The van der Waals surface area contributed by atoms with Gasteiger partial charge in [0.25, 0.3) is 0 Å². The Bertz CT molecular complexity index is 584. The molecule has 0 spiro atoms. The molecule has 0 fully saturated rings. The summed E-state index contributed by atoms with van der Waals surface area (Å²) in [4.78, 5) is 11.3. The van der Waals surface area contributed by atoms with Crippen molar-refractivity contribution in [3.05, 3.63) is 64.1 Å². The van der Waals surface area contributed by atoms with Gasteiger partial charge in [0.2, 0.25) is 6.10 Å². The van der Waals surface area contributed by atoms with Crippen molar-refractivity contribution in [2.45, 2.75) is 6.10 Å². The third-order valence-electron chi connectivity index (χ3n) is 2.49. The van der Waals surface area contributed by atoms with Crippen LogP contribution in [0, 0.1) is 0 Å². The van der Waals surface area contributed by atoms with Gasteiger partial charge in [-0.15, -0.1) is 0 Å². The number of para-hydroxylation sites is 1. The average molecular weight is 297 g/mol. The molecular weight excluding hydrogens is 287 g/mol. The van der Waals surface area contributed by atoms with Gasteiger partial charge in [0, 0.05) is 5.56 Å². The summed E-state index contributed by atoms with van der Waals surface area (Å²) in [6.07, 6.45) is -1.20. The van der Waals surface area contributed by atoms with Crippen LogP contribution in [0.2, 0.25) is 10.0 Å². The highest BCUT2D eigenvalue weighted by Crippen LogP contribution is 2.32. The second-order valence-electron chi connectivity index (χ2n) is 3.79. The van der Waals surface area contributed by atoms with Crippen molar-refractivity contribution in [2.24, 2.45) is 0 Å². The van der Waals surface area contributed by atoms with E-state index in [0.29, 0.717) is 16.3 Å².